The Hall–Kier alpha value is -2.08. The molecule has 2 aromatic rings. The highest BCUT2D eigenvalue weighted by Gasteiger charge is 2.31. The van der Waals surface area contributed by atoms with E-state index >= 15 is 0 Å². The second-order valence-corrected chi connectivity index (χ2v) is 5.17. The quantitative estimate of drug-likeness (QED) is 0.556. The molecule has 0 heterocycles. The van der Waals surface area contributed by atoms with Crippen molar-refractivity contribution in [3.05, 3.63) is 63.9 Å². The average Bonchev–Trinajstić information content (AvgIpc) is 2.46. The number of carbonyl (C=O) groups is 1. The second kappa shape index (κ2) is 6.58. The summed E-state index contributed by atoms with van der Waals surface area (Å²) in [5.74, 6) is -1.16. The third-order valence-corrected chi connectivity index (χ3v) is 3.40. The molecule has 2 rings (SSSR count). The molecule has 0 aliphatic rings. The third kappa shape index (κ3) is 4.01. The number of benzene rings is 2. The molecule has 2 aromatic carbocycles. The first-order valence-electron chi connectivity index (χ1n) is 6.48. The number of rotatable bonds is 4. The van der Waals surface area contributed by atoms with Gasteiger partial charge in [0, 0.05) is 5.56 Å². The molecule has 0 saturated heterocycles. The maximum atomic E-state index is 14.1. The van der Waals surface area contributed by atoms with Crippen LogP contribution in [-0.2, 0) is 12.8 Å². The van der Waals surface area contributed by atoms with E-state index in [-0.39, 0.29) is 28.5 Å². The Kier molecular flexibility index (Phi) is 4.94. The highest BCUT2D eigenvalue weighted by molar-refractivity contribution is 6.32. The number of ketones is 1. The van der Waals surface area contributed by atoms with Crippen molar-refractivity contribution >= 4 is 17.4 Å². The van der Waals surface area contributed by atoms with Gasteiger partial charge in [-0.15, -0.1) is 0 Å². The first-order valence-corrected chi connectivity index (χ1v) is 6.86. The number of hydrogen-bond acceptors (Lipinski definition) is 2. The molecule has 0 fully saturated rings. The molecular formula is C16H11ClF4O2. The smallest absolute Gasteiger partial charge is 0.416 e. The molecular weight excluding hydrogens is 336 g/mol. The Labute approximate surface area is 134 Å². The van der Waals surface area contributed by atoms with Crippen molar-refractivity contribution in [2.24, 2.45) is 0 Å². The Morgan fingerprint density at radius 2 is 1.91 bits per heavy atom. The summed E-state index contributed by atoms with van der Waals surface area (Å²) in [6, 6.07) is 6.87. The van der Waals surface area contributed by atoms with Gasteiger partial charge in [-0.05, 0) is 31.2 Å². The number of ether oxygens (including phenoxy) is 1. The van der Waals surface area contributed by atoms with E-state index < -0.39 is 23.3 Å². The highest BCUT2D eigenvalue weighted by Crippen LogP contribution is 2.35. The van der Waals surface area contributed by atoms with Crippen molar-refractivity contribution in [2.75, 3.05) is 0 Å². The number of halogens is 5. The summed E-state index contributed by atoms with van der Waals surface area (Å²) in [6.45, 7) is 0.966. The molecule has 0 unspecified atom stereocenters. The summed E-state index contributed by atoms with van der Waals surface area (Å²) in [5.41, 5.74) is -0.877. The van der Waals surface area contributed by atoms with Crippen molar-refractivity contribution in [2.45, 2.75) is 19.7 Å². The molecule has 122 valence electrons. The molecule has 23 heavy (non-hydrogen) atoms. The zero-order chi connectivity index (χ0) is 17.2. The molecule has 0 bridgehead atoms. The second-order valence-electron chi connectivity index (χ2n) is 4.77. The van der Waals surface area contributed by atoms with E-state index in [1.54, 1.807) is 0 Å². The fraction of sp³-hybridized carbons (Fsp3) is 0.188. The lowest BCUT2D eigenvalue weighted by atomic mass is 10.1. The van der Waals surface area contributed by atoms with Gasteiger partial charge in [0.25, 0.3) is 0 Å². The Balaban J connectivity index is 2.19. The van der Waals surface area contributed by atoms with Crippen LogP contribution < -0.4 is 4.74 Å². The summed E-state index contributed by atoms with van der Waals surface area (Å²) < 4.78 is 56.9. The SMILES string of the molecule is CC(=O)c1cccc(COc2ccc(C(F)(F)F)cc2Cl)c1F. The number of alkyl halides is 3. The lowest BCUT2D eigenvalue weighted by Crippen LogP contribution is -2.06. The normalized spacial score (nSPS) is 11.4. The summed E-state index contributed by atoms with van der Waals surface area (Å²) in [5, 5.41) is -0.233. The number of carbonyl (C=O) groups excluding carboxylic acids is 1. The predicted octanol–water partition coefficient (Wildman–Crippen LogP) is 5.28. The monoisotopic (exact) mass is 346 g/mol. The molecule has 0 aromatic heterocycles. The zero-order valence-corrected chi connectivity index (χ0v) is 12.6. The number of hydrogen-bond donors (Lipinski definition) is 0. The van der Waals surface area contributed by atoms with Crippen LogP contribution in [0, 0.1) is 5.82 Å². The van der Waals surface area contributed by atoms with Gasteiger partial charge in [-0.25, -0.2) is 4.39 Å². The molecule has 0 radical (unpaired) electrons. The molecule has 0 amide bonds. The van der Waals surface area contributed by atoms with E-state index in [1.807, 2.05) is 0 Å². The molecule has 0 N–H and O–H groups in total. The average molecular weight is 347 g/mol. The van der Waals surface area contributed by atoms with Crippen LogP contribution in [0.25, 0.3) is 0 Å². The summed E-state index contributed by atoms with van der Waals surface area (Å²) in [4.78, 5) is 11.3. The lowest BCUT2D eigenvalue weighted by molar-refractivity contribution is -0.137. The van der Waals surface area contributed by atoms with Crippen LogP contribution in [0.3, 0.4) is 0 Å². The standard InChI is InChI=1S/C16H11ClF4O2/c1-9(22)12-4-2-3-10(15(12)18)8-23-14-6-5-11(7-13(14)17)16(19,20)21/h2-7H,8H2,1H3. The van der Waals surface area contributed by atoms with Gasteiger partial charge >= 0.3 is 6.18 Å². The van der Waals surface area contributed by atoms with E-state index in [4.69, 9.17) is 16.3 Å². The molecule has 0 spiro atoms. The summed E-state index contributed by atoms with van der Waals surface area (Å²) >= 11 is 5.75. The Morgan fingerprint density at radius 1 is 1.22 bits per heavy atom. The van der Waals surface area contributed by atoms with E-state index in [0.29, 0.717) is 0 Å². The van der Waals surface area contributed by atoms with Gasteiger partial charge in [0.1, 0.15) is 18.2 Å². The van der Waals surface area contributed by atoms with Crippen LogP contribution in [0.2, 0.25) is 5.02 Å². The van der Waals surface area contributed by atoms with Gasteiger partial charge in [-0.3, -0.25) is 4.79 Å². The fourth-order valence-electron chi connectivity index (χ4n) is 1.91. The van der Waals surface area contributed by atoms with Gasteiger partial charge in [0.05, 0.1) is 16.1 Å². The first-order chi connectivity index (χ1) is 10.7. The predicted molar refractivity (Wildman–Crippen MR) is 77.2 cm³/mol. The molecule has 0 saturated carbocycles. The van der Waals surface area contributed by atoms with Crippen molar-refractivity contribution in [1.29, 1.82) is 0 Å². The van der Waals surface area contributed by atoms with Crippen LogP contribution in [-0.4, -0.2) is 5.78 Å². The third-order valence-electron chi connectivity index (χ3n) is 3.10. The summed E-state index contributed by atoms with van der Waals surface area (Å²) in [6.07, 6.45) is -4.51. The van der Waals surface area contributed by atoms with Crippen LogP contribution in [0.15, 0.2) is 36.4 Å². The van der Waals surface area contributed by atoms with Crippen LogP contribution in [0.1, 0.15) is 28.4 Å². The number of Topliss-reactive ketones (excluding diaryl/α,β-unsaturated/α-hetero) is 1. The van der Waals surface area contributed by atoms with Gasteiger partial charge < -0.3 is 4.74 Å². The van der Waals surface area contributed by atoms with Gasteiger partial charge in [-0.1, -0.05) is 23.7 Å². The van der Waals surface area contributed by atoms with Crippen molar-refractivity contribution in [3.63, 3.8) is 0 Å². The van der Waals surface area contributed by atoms with E-state index in [9.17, 15) is 22.4 Å². The molecule has 0 aliphatic carbocycles. The zero-order valence-electron chi connectivity index (χ0n) is 11.9. The van der Waals surface area contributed by atoms with Crippen molar-refractivity contribution < 1.29 is 27.1 Å². The highest BCUT2D eigenvalue weighted by atomic mass is 35.5. The van der Waals surface area contributed by atoms with Gasteiger partial charge in [-0.2, -0.15) is 13.2 Å². The molecule has 0 atom stereocenters. The minimum absolute atomic E-state index is 0.00713. The minimum Gasteiger partial charge on any atom is -0.487 e. The van der Waals surface area contributed by atoms with Crippen molar-refractivity contribution in [1.82, 2.24) is 0 Å². The Bertz CT molecular complexity index is 741. The Morgan fingerprint density at radius 3 is 2.48 bits per heavy atom. The molecule has 2 nitrogen and oxygen atoms in total. The van der Waals surface area contributed by atoms with Crippen LogP contribution in [0.5, 0.6) is 5.75 Å². The van der Waals surface area contributed by atoms with Crippen LogP contribution in [0.4, 0.5) is 17.6 Å². The largest absolute Gasteiger partial charge is 0.487 e. The first kappa shape index (κ1) is 17.3. The molecule has 7 heteroatoms. The van der Waals surface area contributed by atoms with Gasteiger partial charge in [0.2, 0.25) is 0 Å². The summed E-state index contributed by atoms with van der Waals surface area (Å²) in [7, 11) is 0. The maximum Gasteiger partial charge on any atom is 0.416 e. The lowest BCUT2D eigenvalue weighted by Gasteiger charge is -2.12. The van der Waals surface area contributed by atoms with E-state index in [1.165, 1.54) is 25.1 Å². The van der Waals surface area contributed by atoms with Gasteiger partial charge in [0.15, 0.2) is 5.78 Å². The van der Waals surface area contributed by atoms with Crippen molar-refractivity contribution in [3.8, 4) is 5.75 Å². The maximum absolute atomic E-state index is 14.1. The van der Waals surface area contributed by atoms with E-state index in [0.717, 1.165) is 18.2 Å². The topological polar surface area (TPSA) is 26.3 Å². The van der Waals surface area contributed by atoms with Crippen LogP contribution >= 0.6 is 11.6 Å². The fourth-order valence-corrected chi connectivity index (χ4v) is 2.15. The van der Waals surface area contributed by atoms with E-state index in [2.05, 4.69) is 0 Å². The minimum atomic E-state index is -4.51. The molecule has 0 aliphatic heterocycles.